The molecular formula is C13H19N3O3. The van der Waals surface area contributed by atoms with Crippen LogP contribution in [0, 0.1) is 5.92 Å². The number of anilines is 2. The molecule has 0 saturated heterocycles. The molecule has 0 radical (unpaired) electrons. The van der Waals surface area contributed by atoms with Crippen molar-refractivity contribution in [1.29, 1.82) is 0 Å². The first kappa shape index (κ1) is 13.8. The van der Waals surface area contributed by atoms with Gasteiger partial charge in [0.05, 0.1) is 31.7 Å². The van der Waals surface area contributed by atoms with Crippen LogP contribution in [0.2, 0.25) is 0 Å². The number of nitrogens with one attached hydrogen (secondary N) is 2. The highest BCUT2D eigenvalue weighted by atomic mass is 16.5. The first-order valence-electron chi connectivity index (χ1n) is 6.49. The second-order valence-corrected chi connectivity index (χ2v) is 4.46. The van der Waals surface area contributed by atoms with Gasteiger partial charge < -0.3 is 20.5 Å². The number of hydrogen-bond donors (Lipinski definition) is 3. The van der Waals surface area contributed by atoms with E-state index < -0.39 is 0 Å². The third-order valence-corrected chi connectivity index (χ3v) is 2.77. The molecule has 0 aromatic carbocycles. The summed E-state index contributed by atoms with van der Waals surface area (Å²) in [4.78, 5) is 15.7. The number of nitrogens with zero attached hydrogens (tertiary/aromatic N) is 1. The predicted octanol–water partition coefficient (Wildman–Crippen LogP) is 0.851. The van der Waals surface area contributed by atoms with Crippen molar-refractivity contribution in [3.63, 3.8) is 0 Å². The molecule has 1 saturated carbocycles. The van der Waals surface area contributed by atoms with Crippen LogP contribution >= 0.6 is 0 Å². The summed E-state index contributed by atoms with van der Waals surface area (Å²) in [6, 6.07) is 3.64. The van der Waals surface area contributed by atoms with Gasteiger partial charge in [-0.25, -0.2) is 4.98 Å². The lowest BCUT2D eigenvalue weighted by Gasteiger charge is -2.07. The summed E-state index contributed by atoms with van der Waals surface area (Å²) >= 11 is 0. The minimum Gasteiger partial charge on any atom is -0.394 e. The zero-order valence-electron chi connectivity index (χ0n) is 10.8. The van der Waals surface area contributed by atoms with E-state index in [1.807, 2.05) is 12.1 Å². The average molecular weight is 265 g/mol. The van der Waals surface area contributed by atoms with Gasteiger partial charge in [-0.05, 0) is 25.0 Å². The smallest absolute Gasteiger partial charge is 0.227 e. The summed E-state index contributed by atoms with van der Waals surface area (Å²) in [5.41, 5.74) is 0.721. The number of carbonyl (C=O) groups is 1. The molecule has 1 aliphatic rings. The Morgan fingerprint density at radius 3 is 2.89 bits per heavy atom. The van der Waals surface area contributed by atoms with Crippen molar-refractivity contribution in [2.45, 2.75) is 12.8 Å². The Kier molecular flexibility index (Phi) is 5.11. The average Bonchev–Trinajstić information content (AvgIpc) is 3.25. The standard InChI is InChI=1S/C13H19N3O3/c17-6-8-19-7-5-14-12-4-3-11(9-15-12)16-13(18)10-1-2-10/h3-4,9-10,17H,1-2,5-8H2,(H,14,15)(H,16,18). The number of rotatable bonds is 8. The van der Waals surface area contributed by atoms with Crippen molar-refractivity contribution >= 4 is 17.4 Å². The summed E-state index contributed by atoms with van der Waals surface area (Å²) in [7, 11) is 0. The van der Waals surface area contributed by atoms with Gasteiger partial charge in [-0.15, -0.1) is 0 Å². The van der Waals surface area contributed by atoms with E-state index >= 15 is 0 Å². The van der Waals surface area contributed by atoms with Crippen molar-refractivity contribution in [2.75, 3.05) is 37.0 Å². The van der Waals surface area contributed by atoms with Crippen molar-refractivity contribution in [1.82, 2.24) is 4.98 Å². The van der Waals surface area contributed by atoms with Gasteiger partial charge in [0.1, 0.15) is 5.82 Å². The lowest BCUT2D eigenvalue weighted by Crippen LogP contribution is -2.14. The normalized spacial score (nSPS) is 14.2. The van der Waals surface area contributed by atoms with E-state index in [9.17, 15) is 4.79 Å². The summed E-state index contributed by atoms with van der Waals surface area (Å²) in [6.45, 7) is 1.53. The highest BCUT2D eigenvalue weighted by Crippen LogP contribution is 2.30. The fourth-order valence-corrected chi connectivity index (χ4v) is 1.58. The minimum absolute atomic E-state index is 0.0354. The summed E-state index contributed by atoms with van der Waals surface area (Å²) in [6.07, 6.45) is 3.62. The Balaban J connectivity index is 1.70. The van der Waals surface area contributed by atoms with Crippen molar-refractivity contribution < 1.29 is 14.6 Å². The fourth-order valence-electron chi connectivity index (χ4n) is 1.58. The van der Waals surface area contributed by atoms with E-state index in [4.69, 9.17) is 9.84 Å². The van der Waals surface area contributed by atoms with Gasteiger partial charge >= 0.3 is 0 Å². The molecule has 6 nitrogen and oxygen atoms in total. The number of carbonyl (C=O) groups excluding carboxylic acids is 1. The van der Waals surface area contributed by atoms with Crippen LogP contribution in [0.15, 0.2) is 18.3 Å². The molecule has 104 valence electrons. The first-order chi connectivity index (χ1) is 9.29. The molecule has 1 aromatic heterocycles. The van der Waals surface area contributed by atoms with E-state index in [1.165, 1.54) is 0 Å². The second-order valence-electron chi connectivity index (χ2n) is 4.46. The van der Waals surface area contributed by atoms with E-state index in [2.05, 4.69) is 15.6 Å². The first-order valence-corrected chi connectivity index (χ1v) is 6.49. The van der Waals surface area contributed by atoms with Crippen LogP contribution in [0.25, 0.3) is 0 Å². The molecule has 19 heavy (non-hydrogen) atoms. The molecule has 0 unspecified atom stereocenters. The zero-order chi connectivity index (χ0) is 13.5. The molecule has 1 amide bonds. The highest BCUT2D eigenvalue weighted by molar-refractivity contribution is 5.93. The predicted molar refractivity (Wildman–Crippen MR) is 72.0 cm³/mol. The largest absolute Gasteiger partial charge is 0.394 e. The van der Waals surface area contributed by atoms with Crippen LogP contribution < -0.4 is 10.6 Å². The van der Waals surface area contributed by atoms with Gasteiger partial charge in [-0.3, -0.25) is 4.79 Å². The maximum atomic E-state index is 11.5. The molecule has 1 aromatic rings. The van der Waals surface area contributed by atoms with Gasteiger partial charge in [0.2, 0.25) is 5.91 Å². The van der Waals surface area contributed by atoms with Gasteiger partial charge in [-0.2, -0.15) is 0 Å². The maximum Gasteiger partial charge on any atom is 0.227 e. The van der Waals surface area contributed by atoms with Crippen LogP contribution in [0.3, 0.4) is 0 Å². The Morgan fingerprint density at radius 2 is 2.26 bits per heavy atom. The topological polar surface area (TPSA) is 83.5 Å². The van der Waals surface area contributed by atoms with Gasteiger partial charge in [0, 0.05) is 12.5 Å². The Hall–Kier alpha value is -1.66. The van der Waals surface area contributed by atoms with Gasteiger partial charge in [0.25, 0.3) is 0 Å². The number of hydrogen-bond acceptors (Lipinski definition) is 5. The van der Waals surface area contributed by atoms with Crippen molar-refractivity contribution in [2.24, 2.45) is 5.92 Å². The minimum atomic E-state index is 0.0354. The lowest BCUT2D eigenvalue weighted by molar-refractivity contribution is -0.117. The number of ether oxygens (including phenoxy) is 1. The number of aromatic nitrogens is 1. The lowest BCUT2D eigenvalue weighted by atomic mass is 10.3. The van der Waals surface area contributed by atoms with E-state index in [0.29, 0.717) is 19.8 Å². The highest BCUT2D eigenvalue weighted by Gasteiger charge is 2.29. The summed E-state index contributed by atoms with van der Waals surface area (Å²) < 4.78 is 5.12. The van der Waals surface area contributed by atoms with E-state index in [1.54, 1.807) is 6.20 Å². The van der Waals surface area contributed by atoms with Gasteiger partial charge in [-0.1, -0.05) is 0 Å². The molecule has 3 N–H and O–H groups in total. The fraction of sp³-hybridized carbons (Fsp3) is 0.538. The van der Waals surface area contributed by atoms with Crippen LogP contribution in [-0.4, -0.2) is 42.4 Å². The van der Waals surface area contributed by atoms with Crippen LogP contribution in [0.5, 0.6) is 0 Å². The molecule has 2 rings (SSSR count). The molecule has 0 aliphatic heterocycles. The van der Waals surface area contributed by atoms with Crippen LogP contribution in [0.1, 0.15) is 12.8 Å². The number of aliphatic hydroxyl groups is 1. The van der Waals surface area contributed by atoms with E-state index in [-0.39, 0.29) is 18.4 Å². The molecule has 0 spiro atoms. The summed E-state index contributed by atoms with van der Waals surface area (Å²) in [5.74, 6) is 1.01. The SMILES string of the molecule is O=C(Nc1ccc(NCCOCCO)nc1)C1CC1. The molecule has 1 aliphatic carbocycles. The Morgan fingerprint density at radius 1 is 1.42 bits per heavy atom. The molecular weight excluding hydrogens is 246 g/mol. The number of aliphatic hydroxyl groups excluding tert-OH is 1. The maximum absolute atomic E-state index is 11.5. The molecule has 1 fully saturated rings. The second kappa shape index (κ2) is 7.06. The monoisotopic (exact) mass is 265 g/mol. The third kappa shape index (κ3) is 4.84. The van der Waals surface area contributed by atoms with Crippen molar-refractivity contribution in [3.05, 3.63) is 18.3 Å². The molecule has 0 atom stereocenters. The van der Waals surface area contributed by atoms with Crippen LogP contribution in [-0.2, 0) is 9.53 Å². The quantitative estimate of drug-likeness (QED) is 0.607. The van der Waals surface area contributed by atoms with Crippen LogP contribution in [0.4, 0.5) is 11.5 Å². The Labute approximate surface area is 112 Å². The number of amides is 1. The molecule has 1 heterocycles. The van der Waals surface area contributed by atoms with Gasteiger partial charge in [0.15, 0.2) is 0 Å². The third-order valence-electron chi connectivity index (χ3n) is 2.77. The molecule has 6 heteroatoms. The van der Waals surface area contributed by atoms with E-state index in [0.717, 1.165) is 24.3 Å². The van der Waals surface area contributed by atoms with Crippen molar-refractivity contribution in [3.8, 4) is 0 Å². The zero-order valence-corrected chi connectivity index (χ0v) is 10.8. The summed E-state index contributed by atoms with van der Waals surface area (Å²) in [5, 5.41) is 14.5. The number of pyridine rings is 1. The molecule has 0 bridgehead atoms. The Bertz CT molecular complexity index is 404.